The van der Waals surface area contributed by atoms with Crippen LogP contribution in [0.4, 0.5) is 5.82 Å². The van der Waals surface area contributed by atoms with Crippen LogP contribution in [0.25, 0.3) is 0 Å². The maximum Gasteiger partial charge on any atom is 0.351 e. The molecular weight excluding hydrogens is 254 g/mol. The summed E-state index contributed by atoms with van der Waals surface area (Å²) in [4.78, 5) is 15.4. The van der Waals surface area contributed by atoms with Gasteiger partial charge in [-0.15, -0.1) is 0 Å². The van der Waals surface area contributed by atoms with Crippen molar-refractivity contribution in [2.75, 3.05) is 18.1 Å². The SMILES string of the molecule is CCS[C@H]1C[C@H](n2ccc(N)nc2=O)O[C@@H]1CO. The number of aromatic nitrogens is 2. The third-order valence-electron chi connectivity index (χ3n) is 2.90. The summed E-state index contributed by atoms with van der Waals surface area (Å²) in [6, 6.07) is 1.57. The predicted octanol–water partition coefficient (Wildman–Crippen LogP) is 0.227. The van der Waals surface area contributed by atoms with Crippen molar-refractivity contribution < 1.29 is 9.84 Å². The van der Waals surface area contributed by atoms with E-state index in [0.29, 0.717) is 6.42 Å². The molecule has 0 bridgehead atoms. The maximum atomic E-state index is 11.7. The molecule has 1 saturated heterocycles. The van der Waals surface area contributed by atoms with Gasteiger partial charge in [0.15, 0.2) is 0 Å². The number of anilines is 1. The molecule has 6 nitrogen and oxygen atoms in total. The van der Waals surface area contributed by atoms with Gasteiger partial charge in [-0.25, -0.2) is 4.79 Å². The number of aliphatic hydroxyl groups excluding tert-OH is 1. The summed E-state index contributed by atoms with van der Waals surface area (Å²) in [7, 11) is 0. The first-order valence-electron chi connectivity index (χ1n) is 5.88. The fraction of sp³-hybridized carbons (Fsp3) is 0.636. The van der Waals surface area contributed by atoms with E-state index in [-0.39, 0.29) is 30.0 Å². The monoisotopic (exact) mass is 271 g/mol. The van der Waals surface area contributed by atoms with Gasteiger partial charge in [-0.3, -0.25) is 4.57 Å². The lowest BCUT2D eigenvalue weighted by Crippen LogP contribution is -2.27. The van der Waals surface area contributed by atoms with Gasteiger partial charge in [-0.05, 0) is 11.8 Å². The molecular formula is C11H17N3O3S. The number of nitrogens with two attached hydrogens (primary N) is 1. The second kappa shape index (κ2) is 5.73. The van der Waals surface area contributed by atoms with Gasteiger partial charge in [0.25, 0.3) is 0 Å². The highest BCUT2D eigenvalue weighted by molar-refractivity contribution is 7.99. The summed E-state index contributed by atoms with van der Waals surface area (Å²) >= 11 is 1.73. The molecule has 0 aromatic carbocycles. The van der Waals surface area contributed by atoms with Gasteiger partial charge >= 0.3 is 5.69 Å². The van der Waals surface area contributed by atoms with Crippen LogP contribution in [0.5, 0.6) is 0 Å². The second-order valence-corrected chi connectivity index (χ2v) is 5.60. The summed E-state index contributed by atoms with van der Waals surface area (Å²) in [5.41, 5.74) is 5.03. The van der Waals surface area contributed by atoms with Crippen LogP contribution in [-0.2, 0) is 4.74 Å². The molecule has 1 aliphatic heterocycles. The molecule has 1 aromatic heterocycles. The van der Waals surface area contributed by atoms with Crippen molar-refractivity contribution in [1.82, 2.24) is 9.55 Å². The topological polar surface area (TPSA) is 90.4 Å². The molecule has 0 aliphatic carbocycles. The molecule has 3 N–H and O–H groups in total. The molecule has 1 aliphatic rings. The van der Waals surface area contributed by atoms with Gasteiger partial charge in [0, 0.05) is 17.9 Å². The maximum absolute atomic E-state index is 11.7. The average molecular weight is 271 g/mol. The van der Waals surface area contributed by atoms with Gasteiger partial charge < -0.3 is 15.6 Å². The lowest BCUT2D eigenvalue weighted by Gasteiger charge is -2.14. The van der Waals surface area contributed by atoms with Crippen LogP contribution in [0.3, 0.4) is 0 Å². The summed E-state index contributed by atoms with van der Waals surface area (Å²) in [5, 5.41) is 9.48. The lowest BCUT2D eigenvalue weighted by atomic mass is 10.2. The van der Waals surface area contributed by atoms with E-state index in [1.807, 2.05) is 0 Å². The zero-order valence-corrected chi connectivity index (χ0v) is 11.0. The molecule has 1 aromatic rings. The van der Waals surface area contributed by atoms with Gasteiger partial charge in [-0.2, -0.15) is 16.7 Å². The third kappa shape index (κ3) is 2.68. The van der Waals surface area contributed by atoms with E-state index in [4.69, 9.17) is 10.5 Å². The van der Waals surface area contributed by atoms with Crippen molar-refractivity contribution in [3.05, 3.63) is 22.7 Å². The Kier molecular flexibility index (Phi) is 4.26. The first-order valence-corrected chi connectivity index (χ1v) is 6.93. The normalized spacial score (nSPS) is 27.6. The van der Waals surface area contributed by atoms with E-state index >= 15 is 0 Å². The number of thioether (sulfide) groups is 1. The lowest BCUT2D eigenvalue weighted by molar-refractivity contribution is -0.0236. The van der Waals surface area contributed by atoms with Crippen LogP contribution >= 0.6 is 11.8 Å². The molecule has 0 unspecified atom stereocenters. The standard InChI is InChI=1S/C11H17N3O3S/c1-2-18-8-5-10(17-7(8)6-15)14-4-3-9(12)13-11(14)16/h3-4,7-8,10,15H,2,5-6H2,1H3,(H2,12,13,16)/t7-,8+,10-/m1/s1. The van der Waals surface area contributed by atoms with Crippen molar-refractivity contribution in [1.29, 1.82) is 0 Å². The van der Waals surface area contributed by atoms with Crippen LogP contribution in [0.2, 0.25) is 0 Å². The van der Waals surface area contributed by atoms with Gasteiger partial charge in [0.1, 0.15) is 12.0 Å². The molecule has 0 radical (unpaired) electrons. The van der Waals surface area contributed by atoms with Gasteiger partial charge in [0.2, 0.25) is 0 Å². The fourth-order valence-electron chi connectivity index (χ4n) is 2.07. The highest BCUT2D eigenvalue weighted by atomic mass is 32.2. The van der Waals surface area contributed by atoms with Crippen molar-refractivity contribution in [3.8, 4) is 0 Å². The van der Waals surface area contributed by atoms with E-state index < -0.39 is 5.69 Å². The Balaban J connectivity index is 2.18. The quantitative estimate of drug-likeness (QED) is 0.814. The number of hydrogen-bond donors (Lipinski definition) is 2. The number of nitrogens with zero attached hydrogens (tertiary/aromatic N) is 2. The van der Waals surface area contributed by atoms with Crippen LogP contribution in [-0.4, -0.2) is 38.4 Å². The summed E-state index contributed by atoms with van der Waals surface area (Å²) in [6.07, 6.45) is 1.68. The van der Waals surface area contributed by atoms with E-state index in [0.717, 1.165) is 5.75 Å². The number of rotatable bonds is 4. The van der Waals surface area contributed by atoms with Crippen LogP contribution < -0.4 is 11.4 Å². The molecule has 2 heterocycles. The van der Waals surface area contributed by atoms with Gasteiger partial charge in [0.05, 0.1) is 12.7 Å². The number of aliphatic hydroxyl groups is 1. The Hall–Kier alpha value is -1.05. The minimum Gasteiger partial charge on any atom is -0.394 e. The highest BCUT2D eigenvalue weighted by Crippen LogP contribution is 2.35. The predicted molar refractivity (Wildman–Crippen MR) is 70.4 cm³/mol. The molecule has 2 rings (SSSR count). The zero-order valence-electron chi connectivity index (χ0n) is 10.2. The molecule has 18 heavy (non-hydrogen) atoms. The largest absolute Gasteiger partial charge is 0.394 e. The van der Waals surface area contributed by atoms with E-state index in [1.165, 1.54) is 4.57 Å². The fourth-order valence-corrected chi connectivity index (χ4v) is 3.16. The number of ether oxygens (including phenoxy) is 1. The second-order valence-electron chi connectivity index (χ2n) is 4.08. The van der Waals surface area contributed by atoms with Crippen molar-refractivity contribution in [2.24, 2.45) is 0 Å². The number of nitrogen functional groups attached to an aromatic ring is 1. The average Bonchev–Trinajstić information content (AvgIpc) is 2.72. The summed E-state index contributed by atoms with van der Waals surface area (Å²) in [6.45, 7) is 2.02. The summed E-state index contributed by atoms with van der Waals surface area (Å²) in [5.74, 6) is 1.15. The Bertz CT molecular complexity index is 465. The van der Waals surface area contributed by atoms with E-state index in [2.05, 4.69) is 11.9 Å². The number of hydrogen-bond acceptors (Lipinski definition) is 6. The zero-order chi connectivity index (χ0) is 13.1. The molecule has 0 spiro atoms. The van der Waals surface area contributed by atoms with Crippen LogP contribution in [0.1, 0.15) is 19.6 Å². The highest BCUT2D eigenvalue weighted by Gasteiger charge is 2.36. The molecule has 7 heteroatoms. The smallest absolute Gasteiger partial charge is 0.351 e. The molecule has 0 amide bonds. The van der Waals surface area contributed by atoms with Crippen LogP contribution in [0, 0.1) is 0 Å². The molecule has 100 valence electrons. The molecule has 1 fully saturated rings. The Labute approximate surface area is 109 Å². The Morgan fingerprint density at radius 3 is 3.11 bits per heavy atom. The van der Waals surface area contributed by atoms with Crippen molar-refractivity contribution in [3.63, 3.8) is 0 Å². The van der Waals surface area contributed by atoms with Crippen LogP contribution in [0.15, 0.2) is 17.1 Å². The first kappa shape index (κ1) is 13.4. The van der Waals surface area contributed by atoms with Crippen molar-refractivity contribution in [2.45, 2.75) is 30.9 Å². The van der Waals surface area contributed by atoms with Crippen molar-refractivity contribution >= 4 is 17.6 Å². The minimum absolute atomic E-state index is 0.0364. The molecule has 0 saturated carbocycles. The van der Waals surface area contributed by atoms with Gasteiger partial charge in [-0.1, -0.05) is 6.92 Å². The first-order chi connectivity index (χ1) is 8.65. The third-order valence-corrected chi connectivity index (χ3v) is 4.16. The van der Waals surface area contributed by atoms with E-state index in [9.17, 15) is 9.90 Å². The molecule has 3 atom stereocenters. The summed E-state index contributed by atoms with van der Waals surface area (Å²) < 4.78 is 7.12. The minimum atomic E-state index is -0.418. The Morgan fingerprint density at radius 1 is 1.72 bits per heavy atom. The van der Waals surface area contributed by atoms with E-state index in [1.54, 1.807) is 24.0 Å². The Morgan fingerprint density at radius 2 is 2.50 bits per heavy atom.